The van der Waals surface area contributed by atoms with Gasteiger partial charge < -0.3 is 10.2 Å². The van der Waals surface area contributed by atoms with Crippen molar-refractivity contribution in [3.8, 4) is 0 Å². The van der Waals surface area contributed by atoms with Crippen LogP contribution in [0.3, 0.4) is 0 Å². The minimum Gasteiger partial charge on any atom is -0.356 e. The van der Waals surface area contributed by atoms with E-state index in [1.165, 1.54) is 38.5 Å². The molecular weight excluding hydrogens is 252 g/mol. The molecule has 1 atom stereocenters. The molecule has 0 aliphatic carbocycles. The Balaban J connectivity index is 2.12. The Bertz CT molecular complexity index is 305. The number of amides is 2. The van der Waals surface area contributed by atoms with Gasteiger partial charge in [0.25, 0.3) is 0 Å². The van der Waals surface area contributed by atoms with Crippen LogP contribution in [0.25, 0.3) is 0 Å². The Labute approximate surface area is 123 Å². The van der Waals surface area contributed by atoms with Crippen LogP contribution in [0.1, 0.15) is 65.2 Å². The standard InChI is InChI=1S/C16H30N2O2/c1-3-5-6-7-8-9-10-11-18-13-14(12-15(18)19)16(20)17-4-2/h14H,3-13H2,1-2H3,(H,17,20). The molecule has 0 bridgehead atoms. The second kappa shape index (κ2) is 9.78. The smallest absolute Gasteiger partial charge is 0.225 e. The van der Waals surface area contributed by atoms with Crippen molar-refractivity contribution >= 4 is 11.8 Å². The predicted molar refractivity (Wildman–Crippen MR) is 81.4 cm³/mol. The lowest BCUT2D eigenvalue weighted by molar-refractivity contribution is -0.129. The average molecular weight is 282 g/mol. The van der Waals surface area contributed by atoms with Gasteiger partial charge in [0.2, 0.25) is 11.8 Å². The summed E-state index contributed by atoms with van der Waals surface area (Å²) in [6.07, 6.45) is 9.17. The first-order valence-corrected chi connectivity index (χ1v) is 8.24. The Morgan fingerprint density at radius 3 is 2.45 bits per heavy atom. The molecule has 1 aliphatic rings. The molecule has 0 spiro atoms. The molecule has 0 saturated carbocycles. The lowest BCUT2D eigenvalue weighted by Crippen LogP contribution is -2.33. The summed E-state index contributed by atoms with van der Waals surface area (Å²) in [4.78, 5) is 25.4. The minimum atomic E-state index is -0.132. The summed E-state index contributed by atoms with van der Waals surface area (Å²) < 4.78 is 0. The van der Waals surface area contributed by atoms with Crippen LogP contribution < -0.4 is 5.32 Å². The van der Waals surface area contributed by atoms with Gasteiger partial charge in [0.15, 0.2) is 0 Å². The Kier molecular flexibility index (Phi) is 8.31. The molecule has 1 N–H and O–H groups in total. The van der Waals surface area contributed by atoms with Crippen LogP contribution in [0.15, 0.2) is 0 Å². The summed E-state index contributed by atoms with van der Waals surface area (Å²) in [6, 6.07) is 0. The summed E-state index contributed by atoms with van der Waals surface area (Å²) in [5.41, 5.74) is 0. The van der Waals surface area contributed by atoms with Crippen molar-refractivity contribution in [3.63, 3.8) is 0 Å². The third-order valence-corrected chi connectivity index (χ3v) is 3.97. The molecule has 1 saturated heterocycles. The maximum absolute atomic E-state index is 11.8. The molecule has 1 unspecified atom stereocenters. The number of hydrogen-bond acceptors (Lipinski definition) is 2. The fraction of sp³-hybridized carbons (Fsp3) is 0.875. The predicted octanol–water partition coefficient (Wildman–Crippen LogP) is 2.72. The van der Waals surface area contributed by atoms with Gasteiger partial charge in [-0.1, -0.05) is 45.4 Å². The number of nitrogens with zero attached hydrogens (tertiary/aromatic N) is 1. The molecule has 0 aromatic carbocycles. The van der Waals surface area contributed by atoms with Gasteiger partial charge in [-0.3, -0.25) is 9.59 Å². The number of hydrogen-bond donors (Lipinski definition) is 1. The summed E-state index contributed by atoms with van der Waals surface area (Å²) >= 11 is 0. The zero-order valence-electron chi connectivity index (χ0n) is 13.1. The van der Waals surface area contributed by atoms with Gasteiger partial charge in [0, 0.05) is 26.1 Å². The number of likely N-dealkylation sites (tertiary alicyclic amines) is 1. The minimum absolute atomic E-state index is 0.0305. The number of nitrogens with one attached hydrogen (secondary N) is 1. The summed E-state index contributed by atoms with van der Waals surface area (Å²) in [7, 11) is 0. The maximum Gasteiger partial charge on any atom is 0.225 e. The molecule has 4 heteroatoms. The molecule has 4 nitrogen and oxygen atoms in total. The molecule has 0 aromatic heterocycles. The highest BCUT2D eigenvalue weighted by Crippen LogP contribution is 2.19. The van der Waals surface area contributed by atoms with Crippen LogP contribution in [0, 0.1) is 5.92 Å². The second-order valence-electron chi connectivity index (χ2n) is 5.76. The molecule has 1 fully saturated rings. The van der Waals surface area contributed by atoms with E-state index in [1.54, 1.807) is 0 Å². The SMILES string of the molecule is CCCCCCCCCN1CC(C(=O)NCC)CC1=O. The van der Waals surface area contributed by atoms with Gasteiger partial charge in [0.1, 0.15) is 0 Å². The van der Waals surface area contributed by atoms with Crippen LogP contribution in [-0.2, 0) is 9.59 Å². The van der Waals surface area contributed by atoms with Gasteiger partial charge >= 0.3 is 0 Å². The monoisotopic (exact) mass is 282 g/mol. The summed E-state index contributed by atoms with van der Waals surface area (Å²) in [5.74, 6) is 0.0437. The van der Waals surface area contributed by atoms with Gasteiger partial charge in [-0.05, 0) is 13.3 Å². The van der Waals surface area contributed by atoms with Crippen LogP contribution in [0.5, 0.6) is 0 Å². The second-order valence-corrected chi connectivity index (χ2v) is 5.76. The lowest BCUT2D eigenvalue weighted by Gasteiger charge is -2.16. The van der Waals surface area contributed by atoms with Crippen molar-refractivity contribution in [2.75, 3.05) is 19.6 Å². The van der Waals surface area contributed by atoms with Crippen molar-refractivity contribution in [1.29, 1.82) is 0 Å². The Morgan fingerprint density at radius 2 is 1.80 bits per heavy atom. The molecule has 1 aliphatic heterocycles. The number of unbranched alkanes of at least 4 members (excludes halogenated alkanes) is 6. The van der Waals surface area contributed by atoms with E-state index in [9.17, 15) is 9.59 Å². The molecule has 0 aromatic rings. The van der Waals surface area contributed by atoms with E-state index >= 15 is 0 Å². The normalized spacial score (nSPS) is 18.6. The number of carbonyl (C=O) groups is 2. The van der Waals surface area contributed by atoms with Crippen molar-refractivity contribution in [3.05, 3.63) is 0 Å². The zero-order valence-corrected chi connectivity index (χ0v) is 13.1. The quantitative estimate of drug-likeness (QED) is 0.626. The molecule has 2 amide bonds. The van der Waals surface area contributed by atoms with Gasteiger partial charge in [0.05, 0.1) is 5.92 Å². The zero-order chi connectivity index (χ0) is 14.8. The van der Waals surface area contributed by atoms with E-state index in [1.807, 2.05) is 11.8 Å². The van der Waals surface area contributed by atoms with E-state index < -0.39 is 0 Å². The molecule has 0 radical (unpaired) electrons. The van der Waals surface area contributed by atoms with E-state index in [0.29, 0.717) is 19.5 Å². The average Bonchev–Trinajstić information content (AvgIpc) is 2.80. The van der Waals surface area contributed by atoms with E-state index in [4.69, 9.17) is 0 Å². The first kappa shape index (κ1) is 17.0. The largest absolute Gasteiger partial charge is 0.356 e. The molecule has 116 valence electrons. The van der Waals surface area contributed by atoms with Gasteiger partial charge in [-0.25, -0.2) is 0 Å². The first-order chi connectivity index (χ1) is 9.69. The van der Waals surface area contributed by atoms with Crippen molar-refractivity contribution in [2.24, 2.45) is 5.92 Å². The Hall–Kier alpha value is -1.06. The molecule has 1 heterocycles. The van der Waals surface area contributed by atoms with Gasteiger partial charge in [-0.15, -0.1) is 0 Å². The highest BCUT2D eigenvalue weighted by molar-refractivity contribution is 5.89. The van der Waals surface area contributed by atoms with Crippen molar-refractivity contribution < 1.29 is 9.59 Å². The van der Waals surface area contributed by atoms with Crippen LogP contribution >= 0.6 is 0 Å². The van der Waals surface area contributed by atoms with Gasteiger partial charge in [-0.2, -0.15) is 0 Å². The highest BCUT2D eigenvalue weighted by atomic mass is 16.2. The van der Waals surface area contributed by atoms with Crippen molar-refractivity contribution in [1.82, 2.24) is 10.2 Å². The topological polar surface area (TPSA) is 49.4 Å². The first-order valence-electron chi connectivity index (χ1n) is 8.24. The van der Waals surface area contributed by atoms with E-state index in [2.05, 4.69) is 12.2 Å². The fourth-order valence-electron chi connectivity index (χ4n) is 2.74. The third-order valence-electron chi connectivity index (χ3n) is 3.97. The third kappa shape index (κ3) is 5.93. The summed E-state index contributed by atoms with van der Waals surface area (Å²) in [6.45, 7) is 6.21. The number of rotatable bonds is 10. The Morgan fingerprint density at radius 1 is 1.15 bits per heavy atom. The van der Waals surface area contributed by atoms with E-state index in [0.717, 1.165) is 13.0 Å². The molecule has 1 rings (SSSR count). The van der Waals surface area contributed by atoms with Crippen LogP contribution in [-0.4, -0.2) is 36.3 Å². The van der Waals surface area contributed by atoms with Crippen molar-refractivity contribution in [2.45, 2.75) is 65.2 Å². The van der Waals surface area contributed by atoms with Crippen LogP contribution in [0.4, 0.5) is 0 Å². The fourth-order valence-corrected chi connectivity index (χ4v) is 2.74. The van der Waals surface area contributed by atoms with E-state index in [-0.39, 0.29) is 17.7 Å². The lowest BCUT2D eigenvalue weighted by atomic mass is 10.1. The molecular formula is C16H30N2O2. The number of carbonyl (C=O) groups excluding carboxylic acids is 2. The maximum atomic E-state index is 11.8. The highest BCUT2D eigenvalue weighted by Gasteiger charge is 2.33. The van der Waals surface area contributed by atoms with Crippen LogP contribution in [0.2, 0.25) is 0 Å². The summed E-state index contributed by atoms with van der Waals surface area (Å²) in [5, 5.41) is 2.81. The molecule has 20 heavy (non-hydrogen) atoms.